The van der Waals surface area contributed by atoms with E-state index in [0.717, 1.165) is 48.2 Å². The summed E-state index contributed by atoms with van der Waals surface area (Å²) in [5, 5.41) is 3.65. The largest absolute Gasteiger partial charge is 0.348 e. The fraction of sp³-hybridized carbons (Fsp3) is 0.300. The molecule has 1 N–H and O–H groups in total. The van der Waals surface area contributed by atoms with Crippen LogP contribution in [-0.4, -0.2) is 18.4 Å². The SMILES string of the molecule is O=C(NCc1ccc(Cl)cc1)c1cc2c3c(c1)CCC(=O)N3CCC2. The van der Waals surface area contributed by atoms with Gasteiger partial charge in [0.05, 0.1) is 5.69 Å². The van der Waals surface area contributed by atoms with Crippen LogP contribution in [-0.2, 0) is 24.2 Å². The number of rotatable bonds is 3. The highest BCUT2D eigenvalue weighted by molar-refractivity contribution is 6.30. The van der Waals surface area contributed by atoms with Crippen LogP contribution in [0.15, 0.2) is 36.4 Å². The first-order chi connectivity index (χ1) is 12.1. The van der Waals surface area contributed by atoms with E-state index in [2.05, 4.69) is 5.32 Å². The number of nitrogens with zero attached hydrogens (tertiary/aromatic N) is 1. The normalized spacial score (nSPS) is 15.7. The van der Waals surface area contributed by atoms with Crippen molar-refractivity contribution in [2.75, 3.05) is 11.4 Å². The number of aryl methyl sites for hydroxylation is 2. The van der Waals surface area contributed by atoms with Gasteiger partial charge in [-0.2, -0.15) is 0 Å². The molecule has 0 aromatic heterocycles. The predicted molar refractivity (Wildman–Crippen MR) is 98.1 cm³/mol. The monoisotopic (exact) mass is 354 g/mol. The fourth-order valence-electron chi connectivity index (χ4n) is 3.67. The zero-order valence-electron chi connectivity index (χ0n) is 13.8. The molecule has 4 nitrogen and oxygen atoms in total. The van der Waals surface area contributed by atoms with Gasteiger partial charge in [0, 0.05) is 30.1 Å². The summed E-state index contributed by atoms with van der Waals surface area (Å²) in [5.74, 6) is 0.122. The third-order valence-electron chi connectivity index (χ3n) is 4.90. The van der Waals surface area contributed by atoms with Gasteiger partial charge >= 0.3 is 0 Å². The fourth-order valence-corrected chi connectivity index (χ4v) is 3.80. The first kappa shape index (κ1) is 16.2. The molecule has 0 aliphatic carbocycles. The number of nitrogens with one attached hydrogen (secondary N) is 1. The average Bonchev–Trinajstić information content (AvgIpc) is 2.63. The summed E-state index contributed by atoms with van der Waals surface area (Å²) in [6.07, 6.45) is 3.12. The van der Waals surface area contributed by atoms with E-state index in [-0.39, 0.29) is 11.8 Å². The zero-order chi connectivity index (χ0) is 17.4. The van der Waals surface area contributed by atoms with E-state index in [0.29, 0.717) is 23.6 Å². The van der Waals surface area contributed by atoms with E-state index in [1.165, 1.54) is 0 Å². The zero-order valence-corrected chi connectivity index (χ0v) is 14.6. The van der Waals surface area contributed by atoms with Crippen molar-refractivity contribution in [3.63, 3.8) is 0 Å². The number of halogens is 1. The van der Waals surface area contributed by atoms with Gasteiger partial charge in [-0.15, -0.1) is 0 Å². The van der Waals surface area contributed by atoms with E-state index in [4.69, 9.17) is 11.6 Å². The lowest BCUT2D eigenvalue weighted by atomic mass is 9.89. The molecule has 2 aromatic rings. The lowest BCUT2D eigenvalue weighted by molar-refractivity contribution is -0.119. The molecule has 25 heavy (non-hydrogen) atoms. The van der Waals surface area contributed by atoms with Crippen molar-refractivity contribution in [3.8, 4) is 0 Å². The molecule has 2 heterocycles. The molecule has 0 unspecified atom stereocenters. The van der Waals surface area contributed by atoms with E-state index in [1.54, 1.807) is 0 Å². The number of carbonyl (C=O) groups is 2. The summed E-state index contributed by atoms with van der Waals surface area (Å²) in [4.78, 5) is 26.6. The highest BCUT2D eigenvalue weighted by atomic mass is 35.5. The molecular formula is C20H19ClN2O2. The number of benzene rings is 2. The van der Waals surface area contributed by atoms with Crippen LogP contribution in [0.5, 0.6) is 0 Å². The third-order valence-corrected chi connectivity index (χ3v) is 5.16. The molecule has 0 saturated heterocycles. The molecular weight excluding hydrogens is 336 g/mol. The van der Waals surface area contributed by atoms with Crippen molar-refractivity contribution in [2.45, 2.75) is 32.2 Å². The quantitative estimate of drug-likeness (QED) is 0.917. The molecule has 0 saturated carbocycles. The van der Waals surface area contributed by atoms with Crippen LogP contribution in [0.3, 0.4) is 0 Å². The summed E-state index contributed by atoms with van der Waals surface area (Å²) < 4.78 is 0. The van der Waals surface area contributed by atoms with Crippen LogP contribution in [0.1, 0.15) is 39.9 Å². The Bertz CT molecular complexity index is 828. The third kappa shape index (κ3) is 3.14. The van der Waals surface area contributed by atoms with Gasteiger partial charge in [0.15, 0.2) is 0 Å². The van der Waals surface area contributed by atoms with Crippen molar-refractivity contribution >= 4 is 29.1 Å². The molecule has 0 fully saturated rings. The highest BCUT2D eigenvalue weighted by Gasteiger charge is 2.30. The molecule has 2 aromatic carbocycles. The molecule has 0 bridgehead atoms. The predicted octanol–water partition coefficient (Wildman–Crippen LogP) is 3.50. The summed E-state index contributed by atoms with van der Waals surface area (Å²) in [7, 11) is 0. The van der Waals surface area contributed by atoms with Crippen LogP contribution in [0, 0.1) is 0 Å². The van der Waals surface area contributed by atoms with Crippen molar-refractivity contribution in [3.05, 3.63) is 63.7 Å². The maximum absolute atomic E-state index is 12.6. The van der Waals surface area contributed by atoms with E-state index >= 15 is 0 Å². The Balaban J connectivity index is 1.55. The Morgan fingerprint density at radius 3 is 2.56 bits per heavy atom. The number of carbonyl (C=O) groups excluding carboxylic acids is 2. The van der Waals surface area contributed by atoms with Gasteiger partial charge in [-0.3, -0.25) is 9.59 Å². The van der Waals surface area contributed by atoms with Crippen LogP contribution < -0.4 is 10.2 Å². The van der Waals surface area contributed by atoms with Crippen LogP contribution in [0.2, 0.25) is 5.02 Å². The molecule has 0 radical (unpaired) electrons. The van der Waals surface area contributed by atoms with Gasteiger partial charge in [0.25, 0.3) is 5.91 Å². The van der Waals surface area contributed by atoms with Crippen molar-refractivity contribution < 1.29 is 9.59 Å². The summed E-state index contributed by atoms with van der Waals surface area (Å²) in [6.45, 7) is 1.26. The minimum atomic E-state index is -0.0805. The number of amides is 2. The molecule has 128 valence electrons. The van der Waals surface area contributed by atoms with Gasteiger partial charge < -0.3 is 10.2 Å². The molecule has 0 atom stereocenters. The lowest BCUT2D eigenvalue weighted by Gasteiger charge is -2.35. The second kappa shape index (κ2) is 6.52. The Hall–Kier alpha value is -2.33. The molecule has 4 rings (SSSR count). The Morgan fingerprint density at radius 2 is 1.80 bits per heavy atom. The second-order valence-corrected chi connectivity index (χ2v) is 7.04. The maximum Gasteiger partial charge on any atom is 0.251 e. The van der Waals surface area contributed by atoms with Crippen LogP contribution >= 0.6 is 11.6 Å². The van der Waals surface area contributed by atoms with Gasteiger partial charge in [-0.25, -0.2) is 0 Å². The summed E-state index contributed by atoms with van der Waals surface area (Å²) in [6, 6.07) is 11.3. The molecule has 2 aliphatic heterocycles. The number of hydrogen-bond acceptors (Lipinski definition) is 2. The van der Waals surface area contributed by atoms with Crippen LogP contribution in [0.4, 0.5) is 5.69 Å². The van der Waals surface area contributed by atoms with E-state index in [1.807, 2.05) is 41.3 Å². The summed E-state index contributed by atoms with van der Waals surface area (Å²) >= 11 is 5.88. The van der Waals surface area contributed by atoms with Crippen molar-refractivity contribution in [2.24, 2.45) is 0 Å². The standard InChI is InChI=1S/C20H19ClN2O2/c21-17-6-3-13(4-7-17)12-22-20(25)16-10-14-2-1-9-23-18(24)8-5-15(11-16)19(14)23/h3-4,6-7,10-11H,1-2,5,8-9,12H2,(H,22,25). The first-order valence-corrected chi connectivity index (χ1v) is 8.98. The van der Waals surface area contributed by atoms with E-state index in [9.17, 15) is 9.59 Å². The van der Waals surface area contributed by atoms with Crippen LogP contribution in [0.25, 0.3) is 0 Å². The Labute approximate surface area is 151 Å². The molecule has 0 spiro atoms. The molecule has 2 amide bonds. The number of anilines is 1. The maximum atomic E-state index is 12.6. The van der Waals surface area contributed by atoms with Crippen molar-refractivity contribution in [1.29, 1.82) is 0 Å². The minimum Gasteiger partial charge on any atom is -0.348 e. The smallest absolute Gasteiger partial charge is 0.251 e. The minimum absolute atomic E-state index is 0.0805. The Morgan fingerprint density at radius 1 is 1.08 bits per heavy atom. The topological polar surface area (TPSA) is 49.4 Å². The average molecular weight is 355 g/mol. The Kier molecular flexibility index (Phi) is 4.22. The highest BCUT2D eigenvalue weighted by Crippen LogP contribution is 2.36. The first-order valence-electron chi connectivity index (χ1n) is 8.60. The lowest BCUT2D eigenvalue weighted by Crippen LogP contribution is -2.39. The van der Waals surface area contributed by atoms with Crippen molar-refractivity contribution in [1.82, 2.24) is 5.32 Å². The van der Waals surface area contributed by atoms with Gasteiger partial charge in [-0.05, 0) is 60.2 Å². The van der Waals surface area contributed by atoms with Gasteiger partial charge in [0.2, 0.25) is 5.91 Å². The summed E-state index contributed by atoms with van der Waals surface area (Å²) in [5.41, 5.74) is 4.98. The second-order valence-electron chi connectivity index (χ2n) is 6.60. The van der Waals surface area contributed by atoms with E-state index < -0.39 is 0 Å². The molecule has 2 aliphatic rings. The van der Waals surface area contributed by atoms with Gasteiger partial charge in [0.1, 0.15) is 0 Å². The number of hydrogen-bond donors (Lipinski definition) is 1. The molecule has 5 heteroatoms. The van der Waals surface area contributed by atoms with Gasteiger partial charge in [-0.1, -0.05) is 23.7 Å².